The van der Waals surface area contributed by atoms with E-state index in [1.54, 1.807) is 53.9 Å². The standard InChI is InChI=1S/C35H49N5O6/c1-33(2,3)45-31(41)40(32(42)46-34(4,5)6)30-28-11-10-27(19-26(28)13-16-36-30)37-20-25-9-12-29(38-21-25)44-22-24-14-17-39(18-15-24)23-35(7,8)43/h9-13,16,19,21,24,37,43H,14-15,17-18,20,22-23H2,1-8H3. The van der Waals surface area contributed by atoms with Crippen molar-refractivity contribution in [3.8, 4) is 5.88 Å². The van der Waals surface area contributed by atoms with E-state index in [1.165, 1.54) is 0 Å². The van der Waals surface area contributed by atoms with E-state index in [0.29, 0.717) is 36.9 Å². The van der Waals surface area contributed by atoms with Gasteiger partial charge in [0.1, 0.15) is 11.2 Å². The number of fused-ring (bicyclic) bond motifs is 1. The maximum Gasteiger partial charge on any atom is 0.425 e. The van der Waals surface area contributed by atoms with Gasteiger partial charge in [0.2, 0.25) is 5.88 Å². The molecule has 0 saturated carbocycles. The number of rotatable bonds is 9. The number of pyridine rings is 2. The van der Waals surface area contributed by atoms with Crippen LogP contribution in [-0.2, 0) is 16.0 Å². The number of hydrogen-bond acceptors (Lipinski definition) is 10. The Kier molecular flexibility index (Phi) is 10.8. The van der Waals surface area contributed by atoms with Crippen LogP contribution in [0.15, 0.2) is 48.8 Å². The van der Waals surface area contributed by atoms with Crippen LogP contribution in [0.2, 0.25) is 0 Å². The van der Waals surface area contributed by atoms with E-state index in [4.69, 9.17) is 14.2 Å². The van der Waals surface area contributed by atoms with E-state index < -0.39 is 29.0 Å². The summed E-state index contributed by atoms with van der Waals surface area (Å²) in [5.41, 5.74) is -0.483. The van der Waals surface area contributed by atoms with E-state index in [2.05, 4.69) is 20.2 Å². The summed E-state index contributed by atoms with van der Waals surface area (Å²) in [4.78, 5) is 38.4. The summed E-state index contributed by atoms with van der Waals surface area (Å²) in [6.45, 7) is 17.9. The normalized spacial score (nSPS) is 15.0. The molecule has 0 radical (unpaired) electrons. The van der Waals surface area contributed by atoms with Gasteiger partial charge in [-0.05, 0) is 122 Å². The highest BCUT2D eigenvalue weighted by Gasteiger charge is 2.34. The average molecular weight is 636 g/mol. The number of benzene rings is 1. The minimum atomic E-state index is -0.864. The van der Waals surface area contributed by atoms with Crippen LogP contribution >= 0.6 is 0 Å². The van der Waals surface area contributed by atoms with Crippen LogP contribution < -0.4 is 15.0 Å². The Morgan fingerprint density at radius 2 is 1.59 bits per heavy atom. The summed E-state index contributed by atoms with van der Waals surface area (Å²) >= 11 is 0. The SMILES string of the molecule is CC(C)(O)CN1CCC(COc2ccc(CNc3ccc4c(N(C(=O)OC(C)(C)C)C(=O)OC(C)(C)C)nccc4c3)cn2)CC1. The molecule has 1 aliphatic rings. The van der Waals surface area contributed by atoms with Crippen LogP contribution in [0.4, 0.5) is 21.1 Å². The topological polar surface area (TPSA) is 126 Å². The smallest absolute Gasteiger partial charge is 0.425 e. The molecule has 0 atom stereocenters. The summed E-state index contributed by atoms with van der Waals surface area (Å²) in [6.07, 6.45) is 3.71. The van der Waals surface area contributed by atoms with Crippen molar-refractivity contribution < 1.29 is 28.9 Å². The van der Waals surface area contributed by atoms with Crippen LogP contribution in [0.25, 0.3) is 10.8 Å². The molecule has 3 heterocycles. The number of imide groups is 1. The molecular formula is C35H49N5O6. The molecule has 3 aromatic rings. The van der Waals surface area contributed by atoms with Gasteiger partial charge in [-0.1, -0.05) is 6.07 Å². The summed E-state index contributed by atoms with van der Waals surface area (Å²) in [5, 5.41) is 14.8. The minimum absolute atomic E-state index is 0.131. The number of aromatic nitrogens is 2. The first-order valence-corrected chi connectivity index (χ1v) is 15.9. The third-order valence-electron chi connectivity index (χ3n) is 7.19. The highest BCUT2D eigenvalue weighted by molar-refractivity contribution is 6.14. The van der Waals surface area contributed by atoms with Gasteiger partial charge in [0, 0.05) is 42.6 Å². The predicted molar refractivity (Wildman–Crippen MR) is 179 cm³/mol. The van der Waals surface area contributed by atoms with E-state index in [-0.39, 0.29) is 5.82 Å². The Morgan fingerprint density at radius 3 is 2.15 bits per heavy atom. The number of nitrogens with zero attached hydrogens (tertiary/aromatic N) is 4. The number of hydrogen-bond donors (Lipinski definition) is 2. The van der Waals surface area contributed by atoms with Gasteiger partial charge in [-0.3, -0.25) is 0 Å². The summed E-state index contributed by atoms with van der Waals surface area (Å²) < 4.78 is 17.1. The second-order valence-corrected chi connectivity index (χ2v) is 14.6. The van der Waals surface area contributed by atoms with Crippen molar-refractivity contribution >= 4 is 34.5 Å². The second kappa shape index (κ2) is 14.2. The second-order valence-electron chi connectivity index (χ2n) is 14.6. The van der Waals surface area contributed by atoms with E-state index >= 15 is 0 Å². The number of β-amino-alcohol motifs (C(OH)–C–C–N with tert-alkyl or cyclic N) is 1. The molecule has 0 spiro atoms. The van der Waals surface area contributed by atoms with E-state index in [9.17, 15) is 14.7 Å². The molecule has 11 nitrogen and oxygen atoms in total. The molecule has 4 rings (SSSR count). The number of carbonyl (C=O) groups is 2. The molecule has 2 amide bonds. The monoisotopic (exact) mass is 635 g/mol. The van der Waals surface area contributed by atoms with Gasteiger partial charge in [-0.25, -0.2) is 19.6 Å². The molecule has 0 bridgehead atoms. The molecule has 0 aliphatic carbocycles. The van der Waals surface area contributed by atoms with Crippen molar-refractivity contribution in [2.75, 3.05) is 36.5 Å². The zero-order valence-corrected chi connectivity index (χ0v) is 28.4. The Bertz CT molecular complexity index is 1450. The van der Waals surface area contributed by atoms with Crippen molar-refractivity contribution in [2.24, 2.45) is 5.92 Å². The molecule has 2 N–H and O–H groups in total. The van der Waals surface area contributed by atoms with Gasteiger partial charge >= 0.3 is 12.2 Å². The number of anilines is 2. The van der Waals surface area contributed by atoms with Crippen molar-refractivity contribution in [3.63, 3.8) is 0 Å². The molecule has 11 heteroatoms. The lowest BCUT2D eigenvalue weighted by Crippen LogP contribution is -2.44. The molecule has 46 heavy (non-hydrogen) atoms. The van der Waals surface area contributed by atoms with Crippen molar-refractivity contribution in [1.82, 2.24) is 14.9 Å². The largest absolute Gasteiger partial charge is 0.477 e. The Labute approximate surface area is 272 Å². The number of amides is 2. The molecule has 250 valence electrons. The Hall–Kier alpha value is -3.96. The van der Waals surface area contributed by atoms with Crippen LogP contribution in [0.3, 0.4) is 0 Å². The predicted octanol–water partition coefficient (Wildman–Crippen LogP) is 6.78. The quantitative estimate of drug-likeness (QED) is 0.260. The highest BCUT2D eigenvalue weighted by atomic mass is 16.6. The van der Waals surface area contributed by atoms with Gasteiger partial charge in [-0.15, -0.1) is 0 Å². The highest BCUT2D eigenvalue weighted by Crippen LogP contribution is 2.30. The maximum atomic E-state index is 13.2. The van der Waals surface area contributed by atoms with Crippen molar-refractivity contribution in [2.45, 2.75) is 91.6 Å². The molecule has 1 aliphatic heterocycles. The van der Waals surface area contributed by atoms with Gasteiger partial charge < -0.3 is 29.5 Å². The summed E-state index contributed by atoms with van der Waals surface area (Å²) in [5.74, 6) is 1.21. The lowest BCUT2D eigenvalue weighted by atomic mass is 9.96. The third-order valence-corrected chi connectivity index (χ3v) is 7.19. The Balaban J connectivity index is 1.37. The van der Waals surface area contributed by atoms with E-state index in [0.717, 1.165) is 47.5 Å². The molecule has 1 aromatic carbocycles. The van der Waals surface area contributed by atoms with Crippen molar-refractivity contribution in [1.29, 1.82) is 0 Å². The number of ether oxygens (including phenoxy) is 3. The summed E-state index contributed by atoms with van der Waals surface area (Å²) in [6, 6.07) is 11.3. The van der Waals surface area contributed by atoms with Crippen LogP contribution in [0.5, 0.6) is 5.88 Å². The van der Waals surface area contributed by atoms with Crippen LogP contribution in [-0.4, -0.2) is 75.2 Å². The lowest BCUT2D eigenvalue weighted by Gasteiger charge is -2.35. The summed E-state index contributed by atoms with van der Waals surface area (Å²) in [7, 11) is 0. The zero-order chi connectivity index (χ0) is 33.7. The fourth-order valence-corrected chi connectivity index (χ4v) is 5.18. The first-order chi connectivity index (χ1) is 21.5. The molecule has 2 aromatic heterocycles. The fourth-order valence-electron chi connectivity index (χ4n) is 5.18. The number of carbonyl (C=O) groups excluding carboxylic acids is 2. The lowest BCUT2D eigenvalue weighted by molar-refractivity contribution is 0.0210. The average Bonchev–Trinajstić information content (AvgIpc) is 2.93. The van der Waals surface area contributed by atoms with Crippen molar-refractivity contribution in [3.05, 3.63) is 54.4 Å². The third kappa shape index (κ3) is 10.6. The Morgan fingerprint density at radius 1 is 0.935 bits per heavy atom. The molecule has 1 saturated heterocycles. The number of likely N-dealkylation sites (tertiary alicyclic amines) is 1. The van der Waals surface area contributed by atoms with Crippen LogP contribution in [0.1, 0.15) is 73.8 Å². The maximum absolute atomic E-state index is 13.2. The number of nitrogens with one attached hydrogen (secondary N) is 1. The zero-order valence-electron chi connectivity index (χ0n) is 28.4. The van der Waals surface area contributed by atoms with Gasteiger partial charge in [0.15, 0.2) is 5.82 Å². The molecule has 1 fully saturated rings. The van der Waals surface area contributed by atoms with Gasteiger partial charge in [0.05, 0.1) is 12.2 Å². The first kappa shape index (κ1) is 34.9. The van der Waals surface area contributed by atoms with Crippen LogP contribution in [0, 0.1) is 5.92 Å². The van der Waals surface area contributed by atoms with E-state index in [1.807, 2.05) is 50.2 Å². The molecule has 0 unspecified atom stereocenters. The fraction of sp³-hybridized carbons (Fsp3) is 0.543. The first-order valence-electron chi connectivity index (χ1n) is 15.9. The number of aliphatic hydroxyl groups is 1. The van der Waals surface area contributed by atoms with Gasteiger partial charge in [-0.2, -0.15) is 4.90 Å². The minimum Gasteiger partial charge on any atom is -0.477 e. The van der Waals surface area contributed by atoms with Gasteiger partial charge in [0.25, 0.3) is 0 Å². The number of piperidine rings is 1. The molecular weight excluding hydrogens is 586 g/mol.